The average molecular weight is 333 g/mol. The number of halogens is 1. The molecular formula is C10H12IN3S. The molecular weight excluding hydrogens is 321 g/mol. The molecule has 0 fully saturated rings. The van der Waals surface area contributed by atoms with Crippen molar-refractivity contribution in [1.82, 2.24) is 0 Å². The first kappa shape index (κ1) is 12.7. The zero-order chi connectivity index (χ0) is 11.6. The fourth-order valence-electron chi connectivity index (χ4n) is 1.56. The van der Waals surface area contributed by atoms with Crippen LogP contribution in [0.15, 0.2) is 10.0 Å². The molecule has 0 aromatic heterocycles. The van der Waals surface area contributed by atoms with Gasteiger partial charge in [0.15, 0.2) is 0 Å². The SMILES string of the molecule is Cc1c(S)c(C)c(CN=[N+]=[N-])c(C)c1I. The van der Waals surface area contributed by atoms with Gasteiger partial charge in [-0.25, -0.2) is 0 Å². The predicted octanol–water partition coefficient (Wildman–Crippen LogP) is 4.32. The van der Waals surface area contributed by atoms with E-state index in [-0.39, 0.29) is 0 Å². The maximum absolute atomic E-state index is 8.34. The van der Waals surface area contributed by atoms with Crippen molar-refractivity contribution in [3.05, 3.63) is 36.3 Å². The largest absolute Gasteiger partial charge is 0.143 e. The minimum Gasteiger partial charge on any atom is -0.143 e. The van der Waals surface area contributed by atoms with Crippen LogP contribution in [0.2, 0.25) is 0 Å². The monoisotopic (exact) mass is 333 g/mol. The van der Waals surface area contributed by atoms with Crippen molar-refractivity contribution in [2.24, 2.45) is 5.11 Å². The van der Waals surface area contributed by atoms with Gasteiger partial charge in [-0.05, 0) is 71.1 Å². The van der Waals surface area contributed by atoms with Crippen molar-refractivity contribution in [1.29, 1.82) is 0 Å². The first-order valence-corrected chi connectivity index (χ1v) is 6.01. The standard InChI is InChI=1S/C10H12IN3S/c1-5-8(4-13-14-12)6(2)10(15)7(3)9(5)11/h15H,4H2,1-3H3. The molecule has 15 heavy (non-hydrogen) atoms. The van der Waals surface area contributed by atoms with Crippen LogP contribution in [-0.2, 0) is 6.54 Å². The summed E-state index contributed by atoms with van der Waals surface area (Å²) in [5, 5.41) is 3.62. The molecule has 1 rings (SSSR count). The third-order valence-electron chi connectivity index (χ3n) is 2.57. The molecule has 1 aromatic rings. The third-order valence-corrected chi connectivity index (χ3v) is 4.86. The lowest BCUT2D eigenvalue weighted by Crippen LogP contribution is -2.00. The van der Waals surface area contributed by atoms with Crippen molar-refractivity contribution in [2.75, 3.05) is 0 Å². The van der Waals surface area contributed by atoms with Crippen LogP contribution in [0.25, 0.3) is 10.4 Å². The second-order valence-corrected chi connectivity index (χ2v) is 4.93. The van der Waals surface area contributed by atoms with Crippen LogP contribution in [0, 0.1) is 24.3 Å². The highest BCUT2D eigenvalue weighted by molar-refractivity contribution is 14.1. The van der Waals surface area contributed by atoms with Crippen LogP contribution in [0.5, 0.6) is 0 Å². The van der Waals surface area contributed by atoms with Crippen molar-refractivity contribution in [3.63, 3.8) is 0 Å². The normalized spacial score (nSPS) is 9.93. The Morgan fingerprint density at radius 2 is 1.87 bits per heavy atom. The molecule has 80 valence electrons. The molecule has 1 aromatic carbocycles. The minimum absolute atomic E-state index is 0.401. The van der Waals surface area contributed by atoms with E-state index in [9.17, 15) is 0 Å². The van der Waals surface area contributed by atoms with Crippen molar-refractivity contribution >= 4 is 35.2 Å². The highest BCUT2D eigenvalue weighted by Crippen LogP contribution is 2.30. The summed E-state index contributed by atoms with van der Waals surface area (Å²) in [4.78, 5) is 3.79. The fourth-order valence-corrected chi connectivity index (χ4v) is 2.62. The third kappa shape index (κ3) is 2.41. The van der Waals surface area contributed by atoms with Gasteiger partial charge in [-0.1, -0.05) is 5.11 Å². The summed E-state index contributed by atoms with van der Waals surface area (Å²) in [6.07, 6.45) is 0. The Morgan fingerprint density at radius 3 is 2.40 bits per heavy atom. The molecule has 3 nitrogen and oxygen atoms in total. The molecule has 0 unspecified atom stereocenters. The summed E-state index contributed by atoms with van der Waals surface area (Å²) in [5.41, 5.74) is 12.9. The maximum atomic E-state index is 8.34. The number of thiol groups is 1. The summed E-state index contributed by atoms with van der Waals surface area (Å²) in [6.45, 7) is 6.53. The van der Waals surface area contributed by atoms with E-state index in [1.807, 2.05) is 6.92 Å². The second kappa shape index (κ2) is 5.09. The quantitative estimate of drug-likeness (QED) is 0.276. The van der Waals surface area contributed by atoms with Crippen molar-refractivity contribution in [2.45, 2.75) is 32.2 Å². The van der Waals surface area contributed by atoms with Gasteiger partial charge < -0.3 is 0 Å². The summed E-state index contributed by atoms with van der Waals surface area (Å²) >= 11 is 6.79. The molecule has 0 heterocycles. The number of hydrogen-bond acceptors (Lipinski definition) is 2. The lowest BCUT2D eigenvalue weighted by molar-refractivity contribution is 0.977. The first-order valence-electron chi connectivity index (χ1n) is 4.48. The van der Waals surface area contributed by atoms with E-state index in [1.165, 1.54) is 14.7 Å². The molecule has 0 atom stereocenters. The van der Waals surface area contributed by atoms with Crippen LogP contribution in [0.3, 0.4) is 0 Å². The molecule has 5 heteroatoms. The van der Waals surface area contributed by atoms with Crippen LogP contribution in [-0.4, -0.2) is 0 Å². The predicted molar refractivity (Wildman–Crippen MR) is 73.5 cm³/mol. The van der Waals surface area contributed by atoms with Crippen LogP contribution in [0.4, 0.5) is 0 Å². The van der Waals surface area contributed by atoms with Crippen LogP contribution >= 0.6 is 35.2 Å². The number of rotatable bonds is 2. The summed E-state index contributed by atoms with van der Waals surface area (Å²) < 4.78 is 1.20. The van der Waals surface area contributed by atoms with E-state index >= 15 is 0 Å². The fraction of sp³-hybridized carbons (Fsp3) is 0.400. The topological polar surface area (TPSA) is 48.8 Å². The van der Waals surface area contributed by atoms with E-state index < -0.39 is 0 Å². The Kier molecular flexibility index (Phi) is 4.31. The van der Waals surface area contributed by atoms with Gasteiger partial charge in [0.05, 0.1) is 6.54 Å². The lowest BCUT2D eigenvalue weighted by atomic mass is 10.00. The van der Waals surface area contributed by atoms with E-state index in [2.05, 4.69) is 59.1 Å². The van der Waals surface area contributed by atoms with E-state index in [0.717, 1.165) is 16.0 Å². The number of benzene rings is 1. The summed E-state index contributed by atoms with van der Waals surface area (Å²) in [5.74, 6) is 0. The van der Waals surface area contributed by atoms with Gasteiger partial charge in [0.1, 0.15) is 0 Å². The van der Waals surface area contributed by atoms with Gasteiger partial charge in [-0.2, -0.15) is 0 Å². The van der Waals surface area contributed by atoms with Gasteiger partial charge in [0.25, 0.3) is 0 Å². The molecule has 0 aliphatic rings. The van der Waals surface area contributed by atoms with E-state index in [4.69, 9.17) is 5.53 Å². The summed E-state index contributed by atoms with van der Waals surface area (Å²) in [6, 6.07) is 0. The highest BCUT2D eigenvalue weighted by Gasteiger charge is 2.12. The molecule has 0 radical (unpaired) electrons. The molecule has 0 bridgehead atoms. The Hall–Kier alpha value is -0.390. The van der Waals surface area contributed by atoms with Gasteiger partial charge in [0, 0.05) is 13.4 Å². The zero-order valence-corrected chi connectivity index (χ0v) is 11.9. The van der Waals surface area contributed by atoms with Crippen LogP contribution < -0.4 is 0 Å². The number of hydrogen-bond donors (Lipinski definition) is 1. The average Bonchev–Trinajstić information content (AvgIpc) is 2.24. The van der Waals surface area contributed by atoms with E-state index in [0.29, 0.717) is 6.54 Å². The summed E-state index contributed by atoms with van der Waals surface area (Å²) in [7, 11) is 0. The maximum Gasteiger partial charge on any atom is 0.0516 e. The molecule has 0 saturated carbocycles. The molecule has 0 amide bonds. The zero-order valence-electron chi connectivity index (χ0n) is 8.87. The Balaban J connectivity index is 3.44. The smallest absolute Gasteiger partial charge is 0.0516 e. The highest BCUT2D eigenvalue weighted by atomic mass is 127. The van der Waals surface area contributed by atoms with Gasteiger partial charge in [-0.3, -0.25) is 0 Å². The lowest BCUT2D eigenvalue weighted by Gasteiger charge is -2.15. The van der Waals surface area contributed by atoms with E-state index in [1.54, 1.807) is 0 Å². The molecule has 0 N–H and O–H groups in total. The number of nitrogens with zero attached hydrogens (tertiary/aromatic N) is 3. The van der Waals surface area contributed by atoms with Gasteiger partial charge >= 0.3 is 0 Å². The number of azide groups is 1. The van der Waals surface area contributed by atoms with Crippen LogP contribution in [0.1, 0.15) is 22.3 Å². The molecule has 0 spiro atoms. The first-order chi connectivity index (χ1) is 7.00. The molecule has 0 saturated heterocycles. The van der Waals surface area contributed by atoms with Crippen molar-refractivity contribution < 1.29 is 0 Å². The van der Waals surface area contributed by atoms with Gasteiger partial charge in [-0.15, -0.1) is 12.6 Å². The Labute approximate surface area is 108 Å². The Bertz CT molecular complexity index is 421. The Morgan fingerprint density at radius 1 is 1.27 bits per heavy atom. The minimum atomic E-state index is 0.401. The van der Waals surface area contributed by atoms with Gasteiger partial charge in [0.2, 0.25) is 0 Å². The second-order valence-electron chi connectivity index (χ2n) is 3.41. The van der Waals surface area contributed by atoms with Crippen molar-refractivity contribution in [3.8, 4) is 0 Å². The molecule has 0 aliphatic heterocycles. The molecule has 0 aliphatic carbocycles.